The zero-order valence-electron chi connectivity index (χ0n) is 12.4. The molecule has 0 aromatic heterocycles. The molecule has 108 valence electrons. The Hall–Kier alpha value is -0.570. The fourth-order valence-electron chi connectivity index (χ4n) is 2.12. The Morgan fingerprint density at radius 3 is 2.16 bits per heavy atom. The highest BCUT2D eigenvalue weighted by Gasteiger charge is 2.23. The highest BCUT2D eigenvalue weighted by atomic mass is 35.5. The summed E-state index contributed by atoms with van der Waals surface area (Å²) < 4.78 is 0. The number of aliphatic hydroxyl groups excluding tert-OH is 1. The van der Waals surface area contributed by atoms with E-state index in [0.717, 1.165) is 18.5 Å². The molecule has 0 saturated heterocycles. The molecule has 0 aliphatic heterocycles. The first-order chi connectivity index (χ1) is 8.91. The molecule has 1 aromatic rings. The summed E-state index contributed by atoms with van der Waals surface area (Å²) in [5, 5.41) is 14.7. The Kier molecular flexibility index (Phi) is 6.84. The molecule has 2 nitrogen and oxygen atoms in total. The number of rotatable bonds is 7. The number of hydrogen-bond acceptors (Lipinski definition) is 2. The molecule has 2 atom stereocenters. The van der Waals surface area contributed by atoms with Crippen LogP contribution >= 0.6 is 11.6 Å². The molecular weight excluding hydrogens is 258 g/mol. The molecule has 0 fully saturated rings. The van der Waals surface area contributed by atoms with Gasteiger partial charge in [-0.1, -0.05) is 51.4 Å². The molecule has 1 aromatic carbocycles. The molecule has 0 aliphatic rings. The highest BCUT2D eigenvalue weighted by Crippen LogP contribution is 2.23. The lowest BCUT2D eigenvalue weighted by Crippen LogP contribution is -2.40. The summed E-state index contributed by atoms with van der Waals surface area (Å²) in [6.45, 7) is 9.62. The van der Waals surface area contributed by atoms with Crippen molar-refractivity contribution in [2.75, 3.05) is 6.54 Å². The number of nitrogens with one attached hydrogen (secondary N) is 1. The van der Waals surface area contributed by atoms with Gasteiger partial charge in [-0.05, 0) is 42.5 Å². The zero-order valence-corrected chi connectivity index (χ0v) is 13.1. The summed E-state index contributed by atoms with van der Waals surface area (Å²) in [5.41, 5.74) is 0.917. The second-order valence-corrected chi connectivity index (χ2v) is 6.34. The molecule has 0 heterocycles. The monoisotopic (exact) mass is 283 g/mol. The summed E-state index contributed by atoms with van der Waals surface area (Å²) in [6.07, 6.45) is 0.626. The largest absolute Gasteiger partial charge is 0.387 e. The van der Waals surface area contributed by atoms with E-state index >= 15 is 0 Å². The first-order valence-corrected chi connectivity index (χ1v) is 7.46. The third-order valence-electron chi connectivity index (χ3n) is 3.37. The minimum atomic E-state index is -0.496. The second kappa shape index (κ2) is 7.88. The van der Waals surface area contributed by atoms with Crippen molar-refractivity contribution in [3.8, 4) is 0 Å². The van der Waals surface area contributed by atoms with Crippen molar-refractivity contribution >= 4 is 11.6 Å². The van der Waals surface area contributed by atoms with E-state index in [0.29, 0.717) is 16.9 Å². The van der Waals surface area contributed by atoms with Crippen LogP contribution in [-0.4, -0.2) is 17.7 Å². The molecule has 0 saturated carbocycles. The number of aliphatic hydroxyl groups is 1. The van der Waals surface area contributed by atoms with E-state index < -0.39 is 6.10 Å². The van der Waals surface area contributed by atoms with Gasteiger partial charge in [0.05, 0.1) is 6.10 Å². The van der Waals surface area contributed by atoms with Crippen LogP contribution in [0.1, 0.15) is 45.8 Å². The lowest BCUT2D eigenvalue weighted by Gasteiger charge is -2.28. The van der Waals surface area contributed by atoms with E-state index in [1.54, 1.807) is 0 Å². The van der Waals surface area contributed by atoms with Gasteiger partial charge in [-0.2, -0.15) is 0 Å². The van der Waals surface area contributed by atoms with E-state index in [9.17, 15) is 5.11 Å². The standard InChI is InChI=1S/C16H26ClNO/c1-11(2)9-10-18-15(12(3)4)16(19)13-5-7-14(17)8-6-13/h5-8,11-12,15-16,18-19H,9-10H2,1-4H3. The van der Waals surface area contributed by atoms with Crippen LogP contribution in [-0.2, 0) is 0 Å². The Morgan fingerprint density at radius 1 is 1.11 bits per heavy atom. The average molecular weight is 284 g/mol. The summed E-state index contributed by atoms with van der Waals surface area (Å²) in [4.78, 5) is 0. The van der Waals surface area contributed by atoms with Gasteiger partial charge >= 0.3 is 0 Å². The molecule has 0 amide bonds. The summed E-state index contributed by atoms with van der Waals surface area (Å²) >= 11 is 5.88. The Balaban J connectivity index is 2.67. The lowest BCUT2D eigenvalue weighted by atomic mass is 9.93. The van der Waals surface area contributed by atoms with Crippen molar-refractivity contribution in [2.24, 2.45) is 11.8 Å². The van der Waals surface area contributed by atoms with Gasteiger partial charge in [0.1, 0.15) is 0 Å². The maximum atomic E-state index is 10.5. The molecule has 0 spiro atoms. The van der Waals surface area contributed by atoms with Gasteiger partial charge in [0.15, 0.2) is 0 Å². The molecule has 2 unspecified atom stereocenters. The van der Waals surface area contributed by atoms with Crippen molar-refractivity contribution in [1.29, 1.82) is 0 Å². The first-order valence-electron chi connectivity index (χ1n) is 7.08. The second-order valence-electron chi connectivity index (χ2n) is 5.90. The molecule has 0 bridgehead atoms. The summed E-state index contributed by atoms with van der Waals surface area (Å²) in [6, 6.07) is 7.51. The number of hydrogen-bond donors (Lipinski definition) is 2. The van der Waals surface area contributed by atoms with Crippen LogP contribution in [0.3, 0.4) is 0 Å². The molecule has 19 heavy (non-hydrogen) atoms. The van der Waals surface area contributed by atoms with Crippen molar-refractivity contribution in [3.05, 3.63) is 34.9 Å². The zero-order chi connectivity index (χ0) is 14.4. The third-order valence-corrected chi connectivity index (χ3v) is 3.62. The first kappa shape index (κ1) is 16.5. The van der Waals surface area contributed by atoms with Crippen molar-refractivity contribution in [3.63, 3.8) is 0 Å². The van der Waals surface area contributed by atoms with Crippen LogP contribution in [0, 0.1) is 11.8 Å². The fourth-order valence-corrected chi connectivity index (χ4v) is 2.24. The van der Waals surface area contributed by atoms with Gasteiger partial charge in [-0.3, -0.25) is 0 Å². The summed E-state index contributed by atoms with van der Waals surface area (Å²) in [5.74, 6) is 1.05. The highest BCUT2D eigenvalue weighted by molar-refractivity contribution is 6.30. The average Bonchev–Trinajstić information content (AvgIpc) is 2.34. The SMILES string of the molecule is CC(C)CCNC(C(C)C)C(O)c1ccc(Cl)cc1. The van der Waals surface area contributed by atoms with Crippen molar-refractivity contribution in [1.82, 2.24) is 5.32 Å². The maximum Gasteiger partial charge on any atom is 0.0945 e. The van der Waals surface area contributed by atoms with E-state index in [1.165, 1.54) is 0 Å². The van der Waals surface area contributed by atoms with Crippen molar-refractivity contribution < 1.29 is 5.11 Å². The van der Waals surface area contributed by atoms with Gasteiger partial charge < -0.3 is 10.4 Å². The topological polar surface area (TPSA) is 32.3 Å². The van der Waals surface area contributed by atoms with Gasteiger partial charge in [0, 0.05) is 11.1 Å². The predicted molar refractivity (Wildman–Crippen MR) is 82.5 cm³/mol. The molecule has 0 radical (unpaired) electrons. The van der Waals surface area contributed by atoms with Crippen LogP contribution in [0.2, 0.25) is 5.02 Å². The van der Waals surface area contributed by atoms with Gasteiger partial charge in [-0.15, -0.1) is 0 Å². The minimum Gasteiger partial charge on any atom is -0.387 e. The van der Waals surface area contributed by atoms with E-state index in [-0.39, 0.29) is 6.04 Å². The van der Waals surface area contributed by atoms with Crippen LogP contribution in [0.25, 0.3) is 0 Å². The smallest absolute Gasteiger partial charge is 0.0945 e. The van der Waals surface area contributed by atoms with Crippen molar-refractivity contribution in [2.45, 2.75) is 46.3 Å². The van der Waals surface area contributed by atoms with Crippen LogP contribution in [0.15, 0.2) is 24.3 Å². The van der Waals surface area contributed by atoms with Crippen LogP contribution < -0.4 is 5.32 Å². The van der Waals surface area contributed by atoms with Gasteiger partial charge in [-0.25, -0.2) is 0 Å². The molecular formula is C16H26ClNO. The Bertz CT molecular complexity index is 362. The molecule has 3 heteroatoms. The number of benzene rings is 1. The molecule has 2 N–H and O–H groups in total. The Morgan fingerprint density at radius 2 is 1.68 bits per heavy atom. The predicted octanol–water partition coefficient (Wildman–Crippen LogP) is 4.03. The lowest BCUT2D eigenvalue weighted by molar-refractivity contribution is 0.104. The van der Waals surface area contributed by atoms with Gasteiger partial charge in [0.2, 0.25) is 0 Å². The quantitative estimate of drug-likeness (QED) is 0.792. The minimum absolute atomic E-state index is 0.0694. The van der Waals surface area contributed by atoms with E-state index in [4.69, 9.17) is 11.6 Å². The van der Waals surface area contributed by atoms with E-state index in [2.05, 4.69) is 33.0 Å². The van der Waals surface area contributed by atoms with E-state index in [1.807, 2.05) is 24.3 Å². The normalized spacial score (nSPS) is 14.9. The fraction of sp³-hybridized carbons (Fsp3) is 0.625. The summed E-state index contributed by atoms with van der Waals surface area (Å²) in [7, 11) is 0. The number of halogens is 1. The Labute approximate surface area is 122 Å². The third kappa shape index (κ3) is 5.52. The van der Waals surface area contributed by atoms with Gasteiger partial charge in [0.25, 0.3) is 0 Å². The van der Waals surface area contributed by atoms with Crippen LogP contribution in [0.5, 0.6) is 0 Å². The molecule has 0 aliphatic carbocycles. The molecule has 1 rings (SSSR count). The van der Waals surface area contributed by atoms with Crippen LogP contribution in [0.4, 0.5) is 0 Å². The maximum absolute atomic E-state index is 10.5.